The zero-order chi connectivity index (χ0) is 21.1. The number of halogens is 1. The number of hydrogen-bond acceptors (Lipinski definition) is 6. The lowest BCUT2D eigenvalue weighted by Gasteiger charge is -2.36. The van der Waals surface area contributed by atoms with Gasteiger partial charge in [-0.15, -0.1) is 0 Å². The Morgan fingerprint density at radius 2 is 1.90 bits per heavy atom. The number of carbonyl (C=O) groups is 1. The van der Waals surface area contributed by atoms with Gasteiger partial charge in [-0.25, -0.2) is 4.98 Å². The van der Waals surface area contributed by atoms with Crippen molar-refractivity contribution < 1.29 is 4.79 Å². The number of carbonyl (C=O) groups excluding carboxylic acids is 1. The minimum atomic E-state index is 0.0730. The third kappa shape index (κ3) is 4.27. The van der Waals surface area contributed by atoms with Crippen molar-refractivity contribution in [1.29, 1.82) is 0 Å². The average Bonchev–Trinajstić information content (AvgIpc) is 3.20. The van der Waals surface area contributed by atoms with Gasteiger partial charge in [-0.3, -0.25) is 10.2 Å². The Balaban J connectivity index is 1.53. The van der Waals surface area contributed by atoms with Gasteiger partial charge in [0.05, 0.1) is 15.4 Å². The molecule has 0 spiro atoms. The number of rotatable bonds is 5. The normalized spacial score (nSPS) is 15.0. The van der Waals surface area contributed by atoms with Crippen LogP contribution in [-0.2, 0) is 0 Å². The first-order valence-electron chi connectivity index (χ1n) is 10.0. The van der Waals surface area contributed by atoms with E-state index >= 15 is 0 Å². The first-order chi connectivity index (χ1) is 14.6. The van der Waals surface area contributed by atoms with E-state index in [1.165, 1.54) is 0 Å². The molecule has 8 heteroatoms. The summed E-state index contributed by atoms with van der Waals surface area (Å²) in [7, 11) is 0. The second kappa shape index (κ2) is 9.02. The van der Waals surface area contributed by atoms with Crippen LogP contribution in [0.4, 0.5) is 10.8 Å². The summed E-state index contributed by atoms with van der Waals surface area (Å²) in [6.45, 7) is 6.78. The molecule has 2 heterocycles. The Hall–Kier alpha value is -2.64. The summed E-state index contributed by atoms with van der Waals surface area (Å²) < 4.78 is 1.06. The van der Waals surface area contributed by atoms with Crippen LogP contribution in [0.15, 0.2) is 47.6 Å². The summed E-state index contributed by atoms with van der Waals surface area (Å²) >= 11 is 8.15. The summed E-state index contributed by atoms with van der Waals surface area (Å²) in [6, 6.07) is 13.3. The van der Waals surface area contributed by atoms with Gasteiger partial charge in [-0.2, -0.15) is 5.10 Å². The number of amides is 1. The summed E-state index contributed by atoms with van der Waals surface area (Å²) in [5.41, 5.74) is 6.61. The van der Waals surface area contributed by atoms with E-state index in [4.69, 9.17) is 16.6 Å². The van der Waals surface area contributed by atoms with Crippen LogP contribution < -0.4 is 10.3 Å². The molecule has 1 aromatic heterocycles. The van der Waals surface area contributed by atoms with Crippen LogP contribution in [0, 0.1) is 0 Å². The van der Waals surface area contributed by atoms with Gasteiger partial charge in [0.25, 0.3) is 5.91 Å². The van der Waals surface area contributed by atoms with E-state index in [1.807, 2.05) is 54.3 Å². The zero-order valence-electron chi connectivity index (χ0n) is 17.1. The smallest absolute Gasteiger partial charge is 0.253 e. The first-order valence-corrected chi connectivity index (χ1v) is 11.2. The van der Waals surface area contributed by atoms with Crippen molar-refractivity contribution in [3.63, 3.8) is 0 Å². The van der Waals surface area contributed by atoms with E-state index in [-0.39, 0.29) is 5.91 Å². The zero-order valence-corrected chi connectivity index (χ0v) is 18.6. The largest absolute Gasteiger partial charge is 0.365 e. The van der Waals surface area contributed by atoms with Crippen LogP contribution in [0.5, 0.6) is 0 Å². The third-order valence-electron chi connectivity index (χ3n) is 5.24. The first kappa shape index (κ1) is 20.6. The number of thiazole rings is 1. The second-order valence-corrected chi connectivity index (χ2v) is 8.66. The molecule has 0 aliphatic carbocycles. The highest BCUT2D eigenvalue weighted by molar-refractivity contribution is 7.22. The van der Waals surface area contributed by atoms with Crippen molar-refractivity contribution in [2.75, 3.05) is 36.5 Å². The van der Waals surface area contributed by atoms with Crippen LogP contribution in [0.1, 0.15) is 30.6 Å². The van der Waals surface area contributed by atoms with Crippen LogP contribution >= 0.6 is 22.9 Å². The van der Waals surface area contributed by atoms with E-state index in [1.54, 1.807) is 11.3 Å². The number of nitrogens with zero attached hydrogens (tertiary/aromatic N) is 4. The quantitative estimate of drug-likeness (QED) is 0.441. The molecular formula is C22H24ClN5OS. The van der Waals surface area contributed by atoms with E-state index in [2.05, 4.69) is 22.4 Å². The number of anilines is 2. The highest BCUT2D eigenvalue weighted by Crippen LogP contribution is 2.38. The predicted molar refractivity (Wildman–Crippen MR) is 126 cm³/mol. The van der Waals surface area contributed by atoms with Crippen molar-refractivity contribution >= 4 is 55.6 Å². The second-order valence-electron chi connectivity index (χ2n) is 7.22. The number of benzene rings is 2. The van der Waals surface area contributed by atoms with Crippen molar-refractivity contribution in [2.24, 2.45) is 5.10 Å². The number of piperazine rings is 1. The molecule has 0 bridgehead atoms. The van der Waals surface area contributed by atoms with E-state index in [0.29, 0.717) is 31.2 Å². The average molecular weight is 442 g/mol. The van der Waals surface area contributed by atoms with Gasteiger partial charge in [0.2, 0.25) is 5.13 Å². The molecule has 0 atom stereocenters. The fraction of sp³-hybridized carbons (Fsp3) is 0.318. The van der Waals surface area contributed by atoms with Crippen LogP contribution in [0.3, 0.4) is 0 Å². The highest BCUT2D eigenvalue weighted by atomic mass is 35.5. The number of hydrazone groups is 1. The molecule has 2 aromatic carbocycles. The Labute approximate surface area is 185 Å². The van der Waals surface area contributed by atoms with Crippen LogP contribution in [0.25, 0.3) is 10.2 Å². The van der Waals surface area contributed by atoms with Gasteiger partial charge in [0, 0.05) is 37.5 Å². The van der Waals surface area contributed by atoms with Gasteiger partial charge in [-0.05, 0) is 37.6 Å². The maximum absolute atomic E-state index is 12.7. The fourth-order valence-corrected chi connectivity index (χ4v) is 4.51. The van der Waals surface area contributed by atoms with Crippen LogP contribution in [0.2, 0.25) is 5.02 Å². The van der Waals surface area contributed by atoms with E-state index < -0.39 is 0 Å². The molecule has 6 nitrogen and oxygen atoms in total. The van der Waals surface area contributed by atoms with Gasteiger partial charge in [0.15, 0.2) is 0 Å². The summed E-state index contributed by atoms with van der Waals surface area (Å²) in [4.78, 5) is 21.6. The summed E-state index contributed by atoms with van der Waals surface area (Å²) in [6.07, 6.45) is 0.890. The molecule has 0 saturated carbocycles. The molecule has 1 aliphatic heterocycles. The van der Waals surface area contributed by atoms with Crippen molar-refractivity contribution in [3.8, 4) is 0 Å². The Morgan fingerprint density at radius 3 is 2.60 bits per heavy atom. The van der Waals surface area contributed by atoms with Crippen LogP contribution in [-0.4, -0.2) is 47.7 Å². The highest BCUT2D eigenvalue weighted by Gasteiger charge is 2.25. The van der Waals surface area contributed by atoms with Gasteiger partial charge < -0.3 is 9.80 Å². The molecule has 1 aliphatic rings. The molecule has 1 fully saturated rings. The molecule has 4 rings (SSSR count). The monoisotopic (exact) mass is 441 g/mol. The van der Waals surface area contributed by atoms with Gasteiger partial charge in [-0.1, -0.05) is 48.1 Å². The Bertz CT molecular complexity index is 1070. The predicted octanol–water partition coefficient (Wildman–Crippen LogP) is 5.11. The van der Waals surface area contributed by atoms with E-state index in [0.717, 1.165) is 38.7 Å². The summed E-state index contributed by atoms with van der Waals surface area (Å²) in [5, 5.41) is 5.78. The molecule has 156 valence electrons. The Morgan fingerprint density at radius 1 is 1.17 bits per heavy atom. The minimum Gasteiger partial charge on any atom is -0.365 e. The SMILES string of the molecule is CC/C(C)=N/Nc1nc2c(N3CCN(C(=O)c4ccccc4)CC3)c(Cl)ccc2s1. The number of nitrogens with one attached hydrogen (secondary N) is 1. The number of hydrogen-bond donors (Lipinski definition) is 1. The molecule has 1 N–H and O–H groups in total. The van der Waals surface area contributed by atoms with Crippen molar-refractivity contribution in [1.82, 2.24) is 9.88 Å². The molecular weight excluding hydrogens is 418 g/mol. The standard InChI is InChI=1S/C22H24ClN5OS/c1-3-15(2)25-26-22-24-19-18(30-22)10-9-17(23)20(19)27-11-13-28(14-12-27)21(29)16-7-5-4-6-8-16/h4-10H,3,11-14H2,1-2H3,(H,24,26)/b25-15+. The van der Waals surface area contributed by atoms with Gasteiger partial charge >= 0.3 is 0 Å². The van der Waals surface area contributed by atoms with E-state index in [9.17, 15) is 4.79 Å². The third-order valence-corrected chi connectivity index (χ3v) is 6.47. The maximum Gasteiger partial charge on any atom is 0.253 e. The molecule has 1 saturated heterocycles. The lowest BCUT2D eigenvalue weighted by atomic mass is 10.1. The number of fused-ring (bicyclic) bond motifs is 1. The number of aromatic nitrogens is 1. The van der Waals surface area contributed by atoms with Crippen molar-refractivity contribution in [2.45, 2.75) is 20.3 Å². The van der Waals surface area contributed by atoms with Crippen molar-refractivity contribution in [3.05, 3.63) is 53.1 Å². The molecule has 3 aromatic rings. The molecule has 0 unspecified atom stereocenters. The lowest BCUT2D eigenvalue weighted by Crippen LogP contribution is -2.49. The van der Waals surface area contributed by atoms with Gasteiger partial charge in [0.1, 0.15) is 5.52 Å². The lowest BCUT2D eigenvalue weighted by molar-refractivity contribution is 0.0747. The fourth-order valence-electron chi connectivity index (χ4n) is 3.42. The summed E-state index contributed by atoms with van der Waals surface area (Å²) in [5.74, 6) is 0.0730. The molecule has 30 heavy (non-hydrogen) atoms. The molecule has 0 radical (unpaired) electrons. The molecule has 1 amide bonds. The maximum atomic E-state index is 12.7. The minimum absolute atomic E-state index is 0.0730. The Kier molecular flexibility index (Phi) is 6.20. The topological polar surface area (TPSA) is 60.8 Å².